The summed E-state index contributed by atoms with van der Waals surface area (Å²) in [4.78, 5) is 14.5. The SMILES string of the molecule is CC.CC.CN(C)/C=C/C(=O)c1c(-c2ccccc2)nn2ccccc12. The Morgan fingerprint density at radius 1 is 0.962 bits per heavy atom. The molecule has 0 bridgehead atoms. The fourth-order valence-corrected chi connectivity index (χ4v) is 2.34. The number of carbonyl (C=O) groups is 1. The highest BCUT2D eigenvalue weighted by atomic mass is 16.1. The summed E-state index contributed by atoms with van der Waals surface area (Å²) < 4.78 is 1.75. The molecule has 138 valence electrons. The number of hydrogen-bond donors (Lipinski definition) is 0. The molecular weight excluding hydrogens is 322 g/mol. The minimum Gasteiger partial charge on any atom is -0.383 e. The number of benzene rings is 1. The van der Waals surface area contributed by atoms with Crippen molar-refractivity contribution in [1.82, 2.24) is 14.5 Å². The highest BCUT2D eigenvalue weighted by molar-refractivity contribution is 6.13. The first-order chi connectivity index (χ1) is 12.7. The van der Waals surface area contributed by atoms with Crippen molar-refractivity contribution in [1.29, 1.82) is 0 Å². The highest BCUT2D eigenvalue weighted by Crippen LogP contribution is 2.26. The van der Waals surface area contributed by atoms with E-state index in [1.54, 1.807) is 16.8 Å². The van der Waals surface area contributed by atoms with Crippen molar-refractivity contribution in [3.63, 3.8) is 0 Å². The number of hydrogen-bond acceptors (Lipinski definition) is 3. The summed E-state index contributed by atoms with van der Waals surface area (Å²) >= 11 is 0. The molecule has 3 aromatic rings. The summed E-state index contributed by atoms with van der Waals surface area (Å²) in [5.74, 6) is -0.0475. The number of ketones is 1. The van der Waals surface area contributed by atoms with Crippen LogP contribution in [0.5, 0.6) is 0 Å². The molecule has 2 heterocycles. The van der Waals surface area contributed by atoms with Gasteiger partial charge in [0.1, 0.15) is 5.69 Å². The van der Waals surface area contributed by atoms with E-state index < -0.39 is 0 Å². The largest absolute Gasteiger partial charge is 0.383 e. The van der Waals surface area contributed by atoms with Crippen molar-refractivity contribution in [3.05, 3.63) is 72.6 Å². The molecule has 0 unspecified atom stereocenters. The Hall–Kier alpha value is -2.88. The summed E-state index contributed by atoms with van der Waals surface area (Å²) in [6.45, 7) is 8.00. The first-order valence-corrected chi connectivity index (χ1v) is 9.08. The highest BCUT2D eigenvalue weighted by Gasteiger charge is 2.18. The van der Waals surface area contributed by atoms with Gasteiger partial charge in [-0.3, -0.25) is 4.79 Å². The quantitative estimate of drug-likeness (QED) is 0.472. The zero-order valence-electron chi connectivity index (χ0n) is 16.6. The molecule has 0 saturated carbocycles. The first-order valence-electron chi connectivity index (χ1n) is 9.08. The Balaban J connectivity index is 0.000000791. The number of nitrogens with zero attached hydrogens (tertiary/aromatic N) is 3. The molecule has 1 aromatic carbocycles. The average Bonchev–Trinajstić information content (AvgIpc) is 3.09. The van der Waals surface area contributed by atoms with Crippen molar-refractivity contribution in [2.45, 2.75) is 27.7 Å². The summed E-state index contributed by atoms with van der Waals surface area (Å²) in [6, 6.07) is 15.5. The van der Waals surface area contributed by atoms with E-state index in [9.17, 15) is 4.79 Å². The molecule has 0 N–H and O–H groups in total. The maximum Gasteiger partial charge on any atom is 0.191 e. The normalized spacial score (nSPS) is 9.92. The van der Waals surface area contributed by atoms with Crippen LogP contribution in [0.15, 0.2) is 67.0 Å². The van der Waals surface area contributed by atoms with Crippen LogP contribution in [0, 0.1) is 0 Å². The molecule has 0 aliphatic heterocycles. The van der Waals surface area contributed by atoms with Gasteiger partial charge in [0.2, 0.25) is 0 Å². The van der Waals surface area contributed by atoms with E-state index in [4.69, 9.17) is 0 Å². The lowest BCUT2D eigenvalue weighted by Gasteiger charge is -2.03. The van der Waals surface area contributed by atoms with Gasteiger partial charge in [-0.25, -0.2) is 4.52 Å². The zero-order chi connectivity index (χ0) is 19.5. The molecule has 26 heavy (non-hydrogen) atoms. The Morgan fingerprint density at radius 2 is 1.58 bits per heavy atom. The van der Waals surface area contributed by atoms with Crippen LogP contribution in [0.3, 0.4) is 0 Å². The third-order valence-electron chi connectivity index (χ3n) is 3.36. The second-order valence-electron chi connectivity index (χ2n) is 5.26. The zero-order valence-corrected chi connectivity index (χ0v) is 16.6. The molecule has 0 fully saturated rings. The lowest BCUT2D eigenvalue weighted by Crippen LogP contribution is -2.03. The Bertz CT molecular complexity index is 833. The van der Waals surface area contributed by atoms with Crippen LogP contribution in [-0.4, -0.2) is 34.4 Å². The minimum absolute atomic E-state index is 0.0475. The average molecular weight is 351 g/mol. The Morgan fingerprint density at radius 3 is 2.19 bits per heavy atom. The predicted molar refractivity (Wildman–Crippen MR) is 110 cm³/mol. The molecule has 0 aliphatic rings. The van der Waals surface area contributed by atoms with Gasteiger partial charge < -0.3 is 4.90 Å². The van der Waals surface area contributed by atoms with Gasteiger partial charge in [-0.1, -0.05) is 64.1 Å². The number of rotatable bonds is 4. The maximum atomic E-state index is 12.7. The van der Waals surface area contributed by atoms with Crippen molar-refractivity contribution in [2.24, 2.45) is 0 Å². The third-order valence-corrected chi connectivity index (χ3v) is 3.36. The van der Waals surface area contributed by atoms with E-state index in [0.29, 0.717) is 11.3 Å². The van der Waals surface area contributed by atoms with E-state index in [2.05, 4.69) is 5.10 Å². The monoisotopic (exact) mass is 351 g/mol. The number of carbonyl (C=O) groups excluding carboxylic acids is 1. The minimum atomic E-state index is -0.0475. The Labute approximate surface area is 156 Å². The van der Waals surface area contributed by atoms with Crippen LogP contribution in [0.2, 0.25) is 0 Å². The molecule has 2 aromatic heterocycles. The fraction of sp³-hybridized carbons (Fsp3) is 0.273. The van der Waals surface area contributed by atoms with Crippen molar-refractivity contribution < 1.29 is 4.79 Å². The van der Waals surface area contributed by atoms with E-state index >= 15 is 0 Å². The molecular formula is C22H29N3O. The van der Waals surface area contributed by atoms with Gasteiger partial charge >= 0.3 is 0 Å². The van der Waals surface area contributed by atoms with Gasteiger partial charge in [0.05, 0.1) is 11.1 Å². The van der Waals surface area contributed by atoms with Crippen molar-refractivity contribution in [2.75, 3.05) is 14.1 Å². The van der Waals surface area contributed by atoms with Crippen LogP contribution in [0.1, 0.15) is 38.1 Å². The molecule has 0 spiro atoms. The van der Waals surface area contributed by atoms with Gasteiger partial charge in [0.25, 0.3) is 0 Å². The van der Waals surface area contributed by atoms with Crippen LogP contribution in [0.25, 0.3) is 16.8 Å². The number of fused-ring (bicyclic) bond motifs is 1. The van der Waals surface area contributed by atoms with E-state index in [1.165, 1.54) is 0 Å². The van der Waals surface area contributed by atoms with Crippen molar-refractivity contribution in [3.8, 4) is 11.3 Å². The van der Waals surface area contributed by atoms with Gasteiger partial charge in [0.15, 0.2) is 5.78 Å². The van der Waals surface area contributed by atoms with Gasteiger partial charge in [-0.15, -0.1) is 0 Å². The molecule has 0 saturated heterocycles. The van der Waals surface area contributed by atoms with Gasteiger partial charge in [-0.2, -0.15) is 5.10 Å². The number of allylic oxidation sites excluding steroid dienone is 1. The van der Waals surface area contributed by atoms with Crippen LogP contribution in [0.4, 0.5) is 0 Å². The van der Waals surface area contributed by atoms with Crippen LogP contribution in [-0.2, 0) is 0 Å². The lowest BCUT2D eigenvalue weighted by molar-refractivity contribution is 0.104. The summed E-state index contributed by atoms with van der Waals surface area (Å²) in [6.07, 6.45) is 5.19. The summed E-state index contributed by atoms with van der Waals surface area (Å²) in [5, 5.41) is 4.58. The predicted octanol–water partition coefficient (Wildman–Crippen LogP) is 5.31. The number of aromatic nitrogens is 2. The van der Waals surface area contributed by atoms with E-state index in [-0.39, 0.29) is 5.78 Å². The number of pyridine rings is 1. The van der Waals surface area contributed by atoms with E-state index in [1.807, 2.05) is 101 Å². The topological polar surface area (TPSA) is 37.6 Å². The van der Waals surface area contributed by atoms with Crippen LogP contribution < -0.4 is 0 Å². The molecule has 0 atom stereocenters. The van der Waals surface area contributed by atoms with E-state index in [0.717, 1.165) is 11.1 Å². The van der Waals surface area contributed by atoms with Crippen molar-refractivity contribution >= 4 is 11.3 Å². The standard InChI is InChI=1S/C18H17N3O.2C2H6/c1-20(2)13-11-16(22)17-15-10-6-7-12-21(15)19-18(17)14-8-4-3-5-9-14;2*1-2/h3-13H,1-2H3;2*1-2H3/b13-11+;;. The smallest absolute Gasteiger partial charge is 0.191 e. The second-order valence-corrected chi connectivity index (χ2v) is 5.26. The molecule has 0 radical (unpaired) electrons. The Kier molecular flexibility index (Phi) is 8.85. The summed E-state index contributed by atoms with van der Waals surface area (Å²) in [7, 11) is 3.77. The molecule has 3 rings (SSSR count). The van der Waals surface area contributed by atoms with Crippen LogP contribution >= 0.6 is 0 Å². The molecule has 0 amide bonds. The molecule has 4 heteroatoms. The molecule has 0 aliphatic carbocycles. The third kappa shape index (κ3) is 5.06. The summed E-state index contributed by atoms with van der Waals surface area (Å²) in [5.41, 5.74) is 3.09. The maximum absolute atomic E-state index is 12.7. The van der Waals surface area contributed by atoms with Gasteiger partial charge in [-0.05, 0) is 12.1 Å². The lowest BCUT2D eigenvalue weighted by atomic mass is 10.0. The molecule has 4 nitrogen and oxygen atoms in total. The second kappa shape index (κ2) is 10.9. The first kappa shape index (κ1) is 21.2. The van der Waals surface area contributed by atoms with Gasteiger partial charge in [0, 0.05) is 38.1 Å². The fourth-order valence-electron chi connectivity index (χ4n) is 2.34.